The monoisotopic (exact) mass is 262 g/mol. The van der Waals surface area contributed by atoms with E-state index >= 15 is 0 Å². The minimum atomic E-state index is -4.36. The molecular weight excluding hydrogens is 253 g/mol. The molecule has 1 aromatic carbocycles. The van der Waals surface area contributed by atoms with Gasteiger partial charge in [0.15, 0.2) is 0 Å². The fraction of sp³-hybridized carbons (Fsp3) is 0.0714. The number of nitrogens with zero attached hydrogens (tertiary/aromatic N) is 1. The quantitative estimate of drug-likeness (QED) is 0.697. The Morgan fingerprint density at radius 1 is 1.00 bits per heavy atom. The molecule has 0 aliphatic carbocycles. The molecule has 5 heteroatoms. The fourth-order valence-corrected chi connectivity index (χ4v) is 1.97. The van der Waals surface area contributed by atoms with Gasteiger partial charge in [0.25, 0.3) is 0 Å². The lowest BCUT2D eigenvalue weighted by atomic mass is 10.2. The highest BCUT2D eigenvalue weighted by atomic mass is 19.4. The number of benzene rings is 1. The molecule has 0 radical (unpaired) electrons. The highest BCUT2D eigenvalue weighted by Gasteiger charge is 2.30. The number of alkyl halides is 3. The summed E-state index contributed by atoms with van der Waals surface area (Å²) in [5, 5.41) is 0.941. The normalized spacial score (nSPS) is 11.9. The molecule has 2 nitrogen and oxygen atoms in total. The first-order valence-corrected chi connectivity index (χ1v) is 5.65. The second kappa shape index (κ2) is 4.12. The zero-order valence-electron chi connectivity index (χ0n) is 9.70. The zero-order valence-corrected chi connectivity index (χ0v) is 9.70. The first kappa shape index (κ1) is 11.8. The number of aromatic nitrogens is 2. The zero-order chi connectivity index (χ0) is 13.5. The van der Waals surface area contributed by atoms with Crippen LogP contribution in [0.3, 0.4) is 0 Å². The molecule has 0 atom stereocenters. The van der Waals surface area contributed by atoms with Gasteiger partial charge >= 0.3 is 6.18 Å². The highest BCUT2D eigenvalue weighted by Crippen LogP contribution is 2.31. The third kappa shape index (κ3) is 2.19. The van der Waals surface area contributed by atoms with Crippen LogP contribution < -0.4 is 0 Å². The fourth-order valence-electron chi connectivity index (χ4n) is 1.97. The van der Waals surface area contributed by atoms with Gasteiger partial charge in [-0.3, -0.25) is 4.98 Å². The SMILES string of the molecule is FC(F)(F)c1ccnc(-c2cc3ccccc3[nH]2)c1. The van der Waals surface area contributed by atoms with Crippen LogP contribution in [0.5, 0.6) is 0 Å². The molecule has 2 heterocycles. The summed E-state index contributed by atoms with van der Waals surface area (Å²) in [6.07, 6.45) is -3.19. The van der Waals surface area contributed by atoms with Gasteiger partial charge in [0, 0.05) is 17.1 Å². The second-order valence-electron chi connectivity index (χ2n) is 4.20. The van der Waals surface area contributed by atoms with Gasteiger partial charge in [0.1, 0.15) is 0 Å². The van der Waals surface area contributed by atoms with Crippen molar-refractivity contribution >= 4 is 10.9 Å². The predicted octanol–water partition coefficient (Wildman–Crippen LogP) is 4.25. The van der Waals surface area contributed by atoms with Gasteiger partial charge in [-0.05, 0) is 24.3 Å². The topological polar surface area (TPSA) is 28.7 Å². The van der Waals surface area contributed by atoms with Crippen molar-refractivity contribution in [3.63, 3.8) is 0 Å². The Balaban J connectivity index is 2.11. The molecule has 96 valence electrons. The molecule has 0 saturated heterocycles. The number of hydrogen-bond donors (Lipinski definition) is 1. The number of fused-ring (bicyclic) bond motifs is 1. The number of nitrogens with one attached hydrogen (secondary N) is 1. The number of hydrogen-bond acceptors (Lipinski definition) is 1. The third-order valence-corrected chi connectivity index (χ3v) is 2.89. The van der Waals surface area contributed by atoms with Crippen molar-refractivity contribution in [2.24, 2.45) is 0 Å². The molecule has 19 heavy (non-hydrogen) atoms. The maximum absolute atomic E-state index is 12.7. The Morgan fingerprint density at radius 3 is 2.53 bits per heavy atom. The molecule has 0 saturated carbocycles. The van der Waals surface area contributed by atoms with Gasteiger partial charge in [0.2, 0.25) is 0 Å². The van der Waals surface area contributed by atoms with E-state index in [9.17, 15) is 13.2 Å². The van der Waals surface area contributed by atoms with E-state index < -0.39 is 11.7 Å². The molecular formula is C14H9F3N2. The smallest absolute Gasteiger partial charge is 0.353 e. The van der Waals surface area contributed by atoms with Gasteiger partial charge in [0.05, 0.1) is 17.0 Å². The summed E-state index contributed by atoms with van der Waals surface area (Å²) in [7, 11) is 0. The average molecular weight is 262 g/mol. The van der Waals surface area contributed by atoms with Crippen molar-refractivity contribution in [2.45, 2.75) is 6.18 Å². The van der Waals surface area contributed by atoms with E-state index in [2.05, 4.69) is 9.97 Å². The Morgan fingerprint density at radius 2 is 1.79 bits per heavy atom. The average Bonchev–Trinajstić information content (AvgIpc) is 2.81. The first-order valence-electron chi connectivity index (χ1n) is 5.65. The molecule has 0 unspecified atom stereocenters. The number of aromatic amines is 1. The van der Waals surface area contributed by atoms with Gasteiger partial charge in [-0.25, -0.2) is 0 Å². The van der Waals surface area contributed by atoms with Crippen LogP contribution in [0, 0.1) is 0 Å². The molecule has 3 aromatic rings. The Bertz CT molecular complexity index is 696. The van der Waals surface area contributed by atoms with Gasteiger partial charge < -0.3 is 4.98 Å². The predicted molar refractivity (Wildman–Crippen MR) is 66.5 cm³/mol. The van der Waals surface area contributed by atoms with Crippen molar-refractivity contribution in [1.29, 1.82) is 0 Å². The van der Waals surface area contributed by atoms with Crippen LogP contribution in [-0.4, -0.2) is 9.97 Å². The van der Waals surface area contributed by atoms with Crippen molar-refractivity contribution in [3.05, 3.63) is 54.2 Å². The van der Waals surface area contributed by atoms with Crippen molar-refractivity contribution in [3.8, 4) is 11.4 Å². The van der Waals surface area contributed by atoms with Crippen LogP contribution >= 0.6 is 0 Å². The largest absolute Gasteiger partial charge is 0.416 e. The Hall–Kier alpha value is -2.30. The van der Waals surface area contributed by atoms with Crippen LogP contribution in [0.15, 0.2) is 48.7 Å². The van der Waals surface area contributed by atoms with Crippen LogP contribution in [0.25, 0.3) is 22.3 Å². The lowest BCUT2D eigenvalue weighted by Gasteiger charge is -2.06. The van der Waals surface area contributed by atoms with E-state index in [1.54, 1.807) is 6.07 Å². The van der Waals surface area contributed by atoms with E-state index in [0.717, 1.165) is 23.0 Å². The molecule has 0 spiro atoms. The van der Waals surface area contributed by atoms with Crippen LogP contribution in [0.2, 0.25) is 0 Å². The maximum atomic E-state index is 12.7. The molecule has 2 aromatic heterocycles. The van der Waals surface area contributed by atoms with Crippen molar-refractivity contribution in [2.75, 3.05) is 0 Å². The molecule has 1 N–H and O–H groups in total. The second-order valence-corrected chi connectivity index (χ2v) is 4.20. The number of pyridine rings is 1. The first-order chi connectivity index (χ1) is 9.04. The molecule has 0 fully saturated rings. The highest BCUT2D eigenvalue weighted by molar-refractivity contribution is 5.85. The molecule has 0 bridgehead atoms. The van der Waals surface area contributed by atoms with E-state index in [-0.39, 0.29) is 5.69 Å². The van der Waals surface area contributed by atoms with Crippen molar-refractivity contribution in [1.82, 2.24) is 9.97 Å². The van der Waals surface area contributed by atoms with E-state index in [0.29, 0.717) is 5.69 Å². The van der Waals surface area contributed by atoms with E-state index in [1.165, 1.54) is 6.20 Å². The lowest BCUT2D eigenvalue weighted by Crippen LogP contribution is -2.05. The summed E-state index contributed by atoms with van der Waals surface area (Å²) in [5.74, 6) is 0. The van der Waals surface area contributed by atoms with Crippen LogP contribution in [0.4, 0.5) is 13.2 Å². The standard InChI is InChI=1S/C14H9F3N2/c15-14(16,17)10-5-6-18-12(8-10)13-7-9-3-1-2-4-11(9)19-13/h1-8,19H. The third-order valence-electron chi connectivity index (χ3n) is 2.89. The van der Waals surface area contributed by atoms with Crippen LogP contribution in [-0.2, 0) is 6.18 Å². The maximum Gasteiger partial charge on any atom is 0.416 e. The molecule has 0 amide bonds. The molecule has 0 aliphatic rings. The summed E-state index contributed by atoms with van der Waals surface area (Å²) in [4.78, 5) is 7.05. The molecule has 0 aliphatic heterocycles. The summed E-state index contributed by atoms with van der Waals surface area (Å²) < 4.78 is 38.0. The summed E-state index contributed by atoms with van der Waals surface area (Å²) in [5.41, 5.74) is 1.03. The number of halogens is 3. The number of H-pyrrole nitrogens is 1. The van der Waals surface area contributed by atoms with Gasteiger partial charge in [-0.2, -0.15) is 13.2 Å². The lowest BCUT2D eigenvalue weighted by molar-refractivity contribution is -0.137. The van der Waals surface area contributed by atoms with Crippen molar-refractivity contribution < 1.29 is 13.2 Å². The minimum Gasteiger partial charge on any atom is -0.353 e. The number of rotatable bonds is 1. The summed E-state index contributed by atoms with van der Waals surface area (Å²) in [6.45, 7) is 0. The van der Waals surface area contributed by atoms with Gasteiger partial charge in [-0.1, -0.05) is 18.2 Å². The summed E-state index contributed by atoms with van der Waals surface area (Å²) in [6, 6.07) is 11.3. The van der Waals surface area contributed by atoms with E-state index in [4.69, 9.17) is 0 Å². The number of para-hydroxylation sites is 1. The van der Waals surface area contributed by atoms with Gasteiger partial charge in [-0.15, -0.1) is 0 Å². The Labute approximate surface area is 106 Å². The van der Waals surface area contributed by atoms with Crippen LogP contribution in [0.1, 0.15) is 5.56 Å². The Kier molecular flexibility index (Phi) is 2.55. The molecule has 3 rings (SSSR count). The summed E-state index contributed by atoms with van der Waals surface area (Å²) >= 11 is 0. The van der Waals surface area contributed by atoms with E-state index in [1.807, 2.05) is 24.3 Å². The minimum absolute atomic E-state index is 0.283.